The van der Waals surface area contributed by atoms with Gasteiger partial charge in [0.1, 0.15) is 5.15 Å². The van der Waals surface area contributed by atoms with Gasteiger partial charge in [-0.05, 0) is 31.2 Å². The lowest BCUT2D eigenvalue weighted by Crippen LogP contribution is -2.56. The molecule has 2 aromatic rings. The van der Waals surface area contributed by atoms with E-state index in [1.54, 1.807) is 17.0 Å². The number of Topliss-reactive ketones (excluding diaryl/α,β-unsaturated/α-hetero) is 1. The summed E-state index contributed by atoms with van der Waals surface area (Å²) in [5, 5.41) is 0.260. The summed E-state index contributed by atoms with van der Waals surface area (Å²) in [6.07, 6.45) is 1.29. The summed E-state index contributed by atoms with van der Waals surface area (Å²) in [6.45, 7) is 2.91. The molecule has 134 valence electrons. The van der Waals surface area contributed by atoms with E-state index in [1.165, 1.54) is 23.2 Å². The van der Waals surface area contributed by atoms with Gasteiger partial charge in [0.25, 0.3) is 17.6 Å². The van der Waals surface area contributed by atoms with Crippen LogP contribution in [-0.4, -0.2) is 58.1 Å². The molecule has 0 aliphatic carbocycles. The van der Waals surface area contributed by atoms with Gasteiger partial charge in [0, 0.05) is 43.0 Å². The fourth-order valence-electron chi connectivity index (χ4n) is 2.97. The number of rotatable bonds is 3. The number of piperazine rings is 1. The van der Waals surface area contributed by atoms with Gasteiger partial charge in [-0.3, -0.25) is 14.4 Å². The van der Waals surface area contributed by atoms with Crippen molar-refractivity contribution in [2.75, 3.05) is 19.6 Å². The predicted molar refractivity (Wildman–Crippen MR) is 97.1 cm³/mol. The number of aromatic nitrogens is 1. The Balaban J connectivity index is 1.67. The highest BCUT2D eigenvalue weighted by Crippen LogP contribution is 2.15. The predicted octanol–water partition coefficient (Wildman–Crippen LogP) is 2.29. The molecule has 7 heteroatoms. The van der Waals surface area contributed by atoms with Gasteiger partial charge in [0.2, 0.25) is 0 Å². The van der Waals surface area contributed by atoms with Crippen molar-refractivity contribution in [3.8, 4) is 0 Å². The average Bonchev–Trinajstić information content (AvgIpc) is 2.67. The molecule has 2 heterocycles. The molecule has 1 aliphatic rings. The highest BCUT2D eigenvalue weighted by molar-refractivity contribution is 6.42. The molecule has 0 saturated carbocycles. The number of carbonyl (C=O) groups excluding carboxylic acids is 3. The van der Waals surface area contributed by atoms with E-state index in [0.717, 1.165) is 0 Å². The molecular weight excluding hydrogens is 354 g/mol. The molecule has 0 unspecified atom stereocenters. The molecule has 1 aromatic heterocycles. The van der Waals surface area contributed by atoms with E-state index in [0.29, 0.717) is 25.2 Å². The van der Waals surface area contributed by atoms with Crippen molar-refractivity contribution < 1.29 is 14.4 Å². The first-order valence-corrected chi connectivity index (χ1v) is 8.66. The third-order valence-corrected chi connectivity index (χ3v) is 4.60. The molecule has 3 rings (SSSR count). The second-order valence-electron chi connectivity index (χ2n) is 6.16. The summed E-state index contributed by atoms with van der Waals surface area (Å²) in [5.41, 5.74) is 0.817. The first kappa shape index (κ1) is 18.1. The summed E-state index contributed by atoms with van der Waals surface area (Å²) in [7, 11) is 0. The van der Waals surface area contributed by atoms with E-state index < -0.39 is 11.7 Å². The smallest absolute Gasteiger partial charge is 0.295 e. The highest BCUT2D eigenvalue weighted by atomic mass is 35.5. The molecule has 0 N–H and O–H groups in total. The average molecular weight is 372 g/mol. The fraction of sp³-hybridized carbons (Fsp3) is 0.263. The molecule has 1 saturated heterocycles. The van der Waals surface area contributed by atoms with E-state index in [2.05, 4.69) is 4.98 Å². The number of benzene rings is 1. The van der Waals surface area contributed by atoms with Gasteiger partial charge in [-0.25, -0.2) is 4.98 Å². The number of ketones is 1. The maximum atomic E-state index is 12.6. The Kier molecular flexibility index (Phi) is 5.32. The van der Waals surface area contributed by atoms with Gasteiger partial charge in [-0.2, -0.15) is 0 Å². The van der Waals surface area contributed by atoms with Crippen molar-refractivity contribution in [2.45, 2.75) is 13.0 Å². The Hall–Kier alpha value is -2.73. The standard InChI is InChI=1S/C19H18ClN3O3/c1-13-12-22(18(25)14-5-3-2-4-6-14)9-10-23(13)19(26)17(24)15-7-8-16(20)21-11-15/h2-8,11,13H,9-10,12H2,1H3/t13-/m1/s1. The molecule has 1 aliphatic heterocycles. The Morgan fingerprint density at radius 2 is 1.77 bits per heavy atom. The number of carbonyl (C=O) groups is 3. The van der Waals surface area contributed by atoms with Crippen LogP contribution < -0.4 is 0 Å². The van der Waals surface area contributed by atoms with Gasteiger partial charge < -0.3 is 9.80 Å². The van der Waals surface area contributed by atoms with Crippen LogP contribution in [0.1, 0.15) is 27.6 Å². The monoisotopic (exact) mass is 371 g/mol. The molecular formula is C19H18ClN3O3. The number of halogens is 1. The second-order valence-corrected chi connectivity index (χ2v) is 6.55. The van der Waals surface area contributed by atoms with Crippen LogP contribution in [0, 0.1) is 0 Å². The summed E-state index contributed by atoms with van der Waals surface area (Å²) < 4.78 is 0. The summed E-state index contributed by atoms with van der Waals surface area (Å²) in [5.74, 6) is -1.28. The molecule has 1 fully saturated rings. The minimum absolute atomic E-state index is 0.0715. The maximum absolute atomic E-state index is 12.6. The largest absolute Gasteiger partial charge is 0.335 e. The molecule has 0 bridgehead atoms. The van der Waals surface area contributed by atoms with Crippen LogP contribution in [0.25, 0.3) is 0 Å². The zero-order valence-corrected chi connectivity index (χ0v) is 15.0. The normalized spacial score (nSPS) is 17.1. The number of hydrogen-bond acceptors (Lipinski definition) is 4. The van der Waals surface area contributed by atoms with Crippen molar-refractivity contribution in [3.63, 3.8) is 0 Å². The van der Waals surface area contributed by atoms with E-state index in [1.807, 2.05) is 25.1 Å². The molecule has 1 aromatic carbocycles. The van der Waals surface area contributed by atoms with Gasteiger partial charge in [-0.15, -0.1) is 0 Å². The van der Waals surface area contributed by atoms with Crippen LogP contribution in [0.3, 0.4) is 0 Å². The number of nitrogens with zero attached hydrogens (tertiary/aromatic N) is 3. The summed E-state index contributed by atoms with van der Waals surface area (Å²) in [4.78, 5) is 44.5. The summed E-state index contributed by atoms with van der Waals surface area (Å²) in [6, 6.07) is 11.7. The van der Waals surface area contributed by atoms with Crippen LogP contribution in [0.15, 0.2) is 48.7 Å². The highest BCUT2D eigenvalue weighted by Gasteiger charge is 2.33. The minimum atomic E-state index is -0.621. The van der Waals surface area contributed by atoms with Gasteiger partial charge in [0.05, 0.1) is 0 Å². The van der Waals surface area contributed by atoms with E-state index in [4.69, 9.17) is 11.6 Å². The number of pyridine rings is 1. The number of amides is 2. The zero-order valence-electron chi connectivity index (χ0n) is 14.3. The van der Waals surface area contributed by atoms with Crippen LogP contribution in [0.5, 0.6) is 0 Å². The lowest BCUT2D eigenvalue weighted by atomic mass is 10.1. The quantitative estimate of drug-likeness (QED) is 0.471. The van der Waals surface area contributed by atoms with Crippen LogP contribution in [-0.2, 0) is 4.79 Å². The van der Waals surface area contributed by atoms with Crippen LogP contribution in [0.4, 0.5) is 0 Å². The Morgan fingerprint density at radius 3 is 2.38 bits per heavy atom. The second kappa shape index (κ2) is 7.66. The lowest BCUT2D eigenvalue weighted by molar-refractivity contribution is -0.130. The van der Waals surface area contributed by atoms with E-state index >= 15 is 0 Å². The first-order valence-electron chi connectivity index (χ1n) is 8.28. The minimum Gasteiger partial charge on any atom is -0.335 e. The SMILES string of the molecule is C[C@@H]1CN(C(=O)c2ccccc2)CCN1C(=O)C(=O)c1ccc(Cl)nc1. The third kappa shape index (κ3) is 3.75. The molecule has 2 amide bonds. The van der Waals surface area contributed by atoms with Crippen LogP contribution >= 0.6 is 11.6 Å². The van der Waals surface area contributed by atoms with Gasteiger partial charge >= 0.3 is 0 Å². The molecule has 1 atom stereocenters. The number of hydrogen-bond donors (Lipinski definition) is 0. The van der Waals surface area contributed by atoms with Crippen molar-refractivity contribution in [3.05, 3.63) is 64.9 Å². The molecule has 26 heavy (non-hydrogen) atoms. The van der Waals surface area contributed by atoms with Crippen LogP contribution in [0.2, 0.25) is 5.15 Å². The van der Waals surface area contributed by atoms with Crippen molar-refractivity contribution in [1.29, 1.82) is 0 Å². The van der Waals surface area contributed by atoms with E-state index in [-0.39, 0.29) is 22.7 Å². The maximum Gasteiger partial charge on any atom is 0.295 e. The Bertz CT molecular complexity index is 824. The van der Waals surface area contributed by atoms with Gasteiger partial charge in [0.15, 0.2) is 0 Å². The van der Waals surface area contributed by atoms with Crippen molar-refractivity contribution >= 4 is 29.2 Å². The Morgan fingerprint density at radius 1 is 1.04 bits per heavy atom. The first-order chi connectivity index (χ1) is 12.5. The third-order valence-electron chi connectivity index (χ3n) is 4.38. The van der Waals surface area contributed by atoms with Crippen molar-refractivity contribution in [2.24, 2.45) is 0 Å². The zero-order chi connectivity index (χ0) is 18.7. The topological polar surface area (TPSA) is 70.6 Å². The summed E-state index contributed by atoms with van der Waals surface area (Å²) >= 11 is 5.71. The van der Waals surface area contributed by atoms with Gasteiger partial charge in [-0.1, -0.05) is 29.8 Å². The fourth-order valence-corrected chi connectivity index (χ4v) is 3.08. The lowest BCUT2D eigenvalue weighted by Gasteiger charge is -2.39. The molecule has 6 nitrogen and oxygen atoms in total. The van der Waals surface area contributed by atoms with E-state index in [9.17, 15) is 14.4 Å². The molecule has 0 spiro atoms. The molecule has 0 radical (unpaired) electrons. The van der Waals surface area contributed by atoms with Crippen molar-refractivity contribution in [1.82, 2.24) is 14.8 Å². The Labute approximate surface area is 156 Å².